The number of fused-ring (bicyclic) bond motifs is 3. The highest BCUT2D eigenvalue weighted by atomic mass is 19.1. The lowest BCUT2D eigenvalue weighted by atomic mass is 9.68. The Morgan fingerprint density at radius 1 is 1.06 bits per heavy atom. The summed E-state index contributed by atoms with van der Waals surface area (Å²) in [5, 5.41) is 12.1. The van der Waals surface area contributed by atoms with Crippen LogP contribution in [0.3, 0.4) is 0 Å². The molecule has 0 amide bonds. The van der Waals surface area contributed by atoms with Gasteiger partial charge < -0.3 is 0 Å². The largest absolute Gasteiger partial charge is 0.257 e. The van der Waals surface area contributed by atoms with E-state index in [1.165, 1.54) is 6.07 Å². The summed E-state index contributed by atoms with van der Waals surface area (Å²) in [6.07, 6.45) is 5.91. The molecule has 6 nitrogen and oxygen atoms in total. The van der Waals surface area contributed by atoms with E-state index in [4.69, 9.17) is 0 Å². The SMILES string of the molecule is C=C([n+]1ccccc1-c1nnnn1C)C1(CC)CC(C)(CC)c2cc(F)cc(F)c2-c2cccc[n+]21. The van der Waals surface area contributed by atoms with E-state index in [2.05, 4.69) is 47.4 Å². The summed E-state index contributed by atoms with van der Waals surface area (Å²) >= 11 is 0. The Bertz CT molecular complexity index is 1480. The number of halogens is 2. The molecule has 2 atom stereocenters. The van der Waals surface area contributed by atoms with E-state index in [0.29, 0.717) is 41.9 Å². The molecule has 0 aliphatic carbocycles. The van der Waals surface area contributed by atoms with Crippen LogP contribution in [0.1, 0.15) is 45.6 Å². The van der Waals surface area contributed by atoms with Crippen molar-refractivity contribution in [2.24, 2.45) is 7.05 Å². The zero-order valence-electron chi connectivity index (χ0n) is 21.0. The monoisotopic (exact) mass is 488 g/mol. The molecule has 4 heterocycles. The van der Waals surface area contributed by atoms with Crippen LogP contribution in [0.2, 0.25) is 0 Å². The number of aryl methyl sites for hydroxylation is 1. The van der Waals surface area contributed by atoms with Crippen LogP contribution in [-0.4, -0.2) is 20.2 Å². The molecule has 4 aromatic rings. The number of tetrazole rings is 1. The lowest BCUT2D eigenvalue weighted by Gasteiger charge is -2.35. The second-order valence-corrected chi connectivity index (χ2v) is 9.77. The molecule has 0 saturated carbocycles. The average molecular weight is 489 g/mol. The van der Waals surface area contributed by atoms with Gasteiger partial charge in [-0.2, -0.15) is 9.13 Å². The molecule has 0 bridgehead atoms. The Balaban J connectivity index is 1.82. The second kappa shape index (κ2) is 8.69. The normalized spacial score (nSPS) is 20.9. The predicted octanol–water partition coefficient (Wildman–Crippen LogP) is 4.74. The Morgan fingerprint density at radius 3 is 2.44 bits per heavy atom. The van der Waals surface area contributed by atoms with Crippen molar-refractivity contribution in [2.45, 2.75) is 51.0 Å². The Hall–Kier alpha value is -3.81. The molecule has 0 radical (unpaired) electrons. The molecule has 0 saturated heterocycles. The van der Waals surface area contributed by atoms with Crippen molar-refractivity contribution in [3.63, 3.8) is 0 Å². The number of hydrogen-bond donors (Lipinski definition) is 0. The third-order valence-corrected chi connectivity index (χ3v) is 7.87. The van der Waals surface area contributed by atoms with Gasteiger partial charge in [0.05, 0.1) is 5.56 Å². The van der Waals surface area contributed by atoms with E-state index in [0.717, 1.165) is 17.5 Å². The van der Waals surface area contributed by atoms with Gasteiger partial charge in [0.15, 0.2) is 12.4 Å². The van der Waals surface area contributed by atoms with Gasteiger partial charge in [-0.05, 0) is 47.2 Å². The molecule has 2 unspecified atom stereocenters. The van der Waals surface area contributed by atoms with E-state index in [1.54, 1.807) is 11.7 Å². The van der Waals surface area contributed by atoms with E-state index in [1.807, 2.05) is 53.4 Å². The molecule has 8 heteroatoms. The van der Waals surface area contributed by atoms with E-state index < -0.39 is 22.6 Å². The number of aromatic nitrogens is 6. The quantitative estimate of drug-likeness (QED) is 0.381. The summed E-state index contributed by atoms with van der Waals surface area (Å²) in [4.78, 5) is 0. The van der Waals surface area contributed by atoms with E-state index >= 15 is 4.39 Å². The standard InChI is InChI=1S/C28H30F2N6/c1-6-27(4)18-28(7-2,19(3)35-14-10-8-13-24(35)26-31-32-33-34(26)5)36-15-11-9-12-23(36)25-21(27)16-20(29)17-22(25)30/h8-17H,3,6-7,18H2,1-2,4-5H3/q+2. The summed E-state index contributed by atoms with van der Waals surface area (Å²) < 4.78 is 35.9. The number of pyridine rings is 2. The van der Waals surface area contributed by atoms with Gasteiger partial charge >= 0.3 is 0 Å². The summed E-state index contributed by atoms with van der Waals surface area (Å²) in [5.41, 5.74) is 2.24. The molecule has 184 valence electrons. The van der Waals surface area contributed by atoms with Crippen LogP contribution in [0.4, 0.5) is 8.78 Å². The van der Waals surface area contributed by atoms with E-state index in [9.17, 15) is 4.39 Å². The number of nitrogens with zero attached hydrogens (tertiary/aromatic N) is 6. The first-order valence-corrected chi connectivity index (χ1v) is 12.2. The first-order chi connectivity index (χ1) is 17.3. The number of allylic oxidation sites excluding steroid dienone is 1. The Morgan fingerprint density at radius 2 is 1.78 bits per heavy atom. The number of rotatable bonds is 5. The fourth-order valence-corrected chi connectivity index (χ4v) is 5.74. The highest BCUT2D eigenvalue weighted by Gasteiger charge is 2.56. The Kier molecular flexibility index (Phi) is 5.77. The smallest absolute Gasteiger partial charge is 0.223 e. The van der Waals surface area contributed by atoms with Gasteiger partial charge in [-0.1, -0.05) is 20.8 Å². The molecular weight excluding hydrogens is 458 g/mol. The second-order valence-electron chi connectivity index (χ2n) is 9.77. The van der Waals surface area contributed by atoms with Crippen molar-refractivity contribution in [2.75, 3.05) is 0 Å². The lowest BCUT2D eigenvalue weighted by molar-refractivity contribution is -0.763. The van der Waals surface area contributed by atoms with Crippen LogP contribution >= 0.6 is 0 Å². The summed E-state index contributed by atoms with van der Waals surface area (Å²) in [5.74, 6) is -0.518. The maximum absolute atomic E-state index is 15.5. The molecule has 0 spiro atoms. The van der Waals surface area contributed by atoms with Crippen molar-refractivity contribution in [1.29, 1.82) is 0 Å². The van der Waals surface area contributed by atoms with E-state index in [-0.39, 0.29) is 0 Å². The topological polar surface area (TPSA) is 51.4 Å². The minimum absolute atomic E-state index is 0.445. The minimum Gasteiger partial charge on any atom is -0.223 e. The van der Waals surface area contributed by atoms with Gasteiger partial charge in [0, 0.05) is 55.6 Å². The van der Waals surface area contributed by atoms with Crippen molar-refractivity contribution in [1.82, 2.24) is 20.2 Å². The average Bonchev–Trinajstić information content (AvgIpc) is 3.28. The van der Waals surface area contributed by atoms with Gasteiger partial charge in [-0.25, -0.2) is 13.5 Å². The van der Waals surface area contributed by atoms with Crippen LogP contribution in [0.5, 0.6) is 0 Å². The molecule has 0 N–H and O–H groups in total. The maximum Gasteiger partial charge on any atom is 0.257 e. The summed E-state index contributed by atoms with van der Waals surface area (Å²) in [7, 11) is 1.79. The van der Waals surface area contributed by atoms with Gasteiger partial charge in [0.2, 0.25) is 11.5 Å². The highest BCUT2D eigenvalue weighted by Crippen LogP contribution is 2.48. The third-order valence-electron chi connectivity index (χ3n) is 7.87. The summed E-state index contributed by atoms with van der Waals surface area (Å²) in [6, 6.07) is 14.1. The van der Waals surface area contributed by atoms with Gasteiger partial charge in [-0.15, -0.1) is 5.10 Å². The van der Waals surface area contributed by atoms with Gasteiger partial charge in [-0.3, -0.25) is 0 Å². The maximum atomic E-state index is 15.5. The van der Waals surface area contributed by atoms with Gasteiger partial charge in [0.1, 0.15) is 11.6 Å². The predicted molar refractivity (Wildman–Crippen MR) is 132 cm³/mol. The van der Waals surface area contributed by atoms with Crippen LogP contribution in [0.15, 0.2) is 67.5 Å². The van der Waals surface area contributed by atoms with Crippen molar-refractivity contribution < 1.29 is 17.9 Å². The highest BCUT2D eigenvalue weighted by molar-refractivity contribution is 5.66. The van der Waals surface area contributed by atoms with Crippen LogP contribution in [-0.2, 0) is 18.0 Å². The first-order valence-electron chi connectivity index (χ1n) is 12.2. The fraction of sp³-hybridized carbons (Fsp3) is 0.321. The van der Waals surface area contributed by atoms with Gasteiger partial charge in [0.25, 0.3) is 16.9 Å². The zero-order chi connectivity index (χ0) is 25.7. The van der Waals surface area contributed by atoms with Crippen LogP contribution < -0.4 is 9.13 Å². The lowest BCUT2D eigenvalue weighted by Crippen LogP contribution is -2.63. The fourth-order valence-electron chi connectivity index (χ4n) is 5.74. The minimum atomic E-state index is -0.657. The number of benzene rings is 1. The molecule has 1 aliphatic rings. The summed E-state index contributed by atoms with van der Waals surface area (Å²) in [6.45, 7) is 10.9. The number of hydrogen-bond acceptors (Lipinski definition) is 3. The zero-order valence-corrected chi connectivity index (χ0v) is 21.0. The molecule has 0 fully saturated rings. The molecular formula is C28H30F2N6+2. The van der Waals surface area contributed by atoms with Crippen molar-refractivity contribution >= 4 is 5.70 Å². The third kappa shape index (κ3) is 3.46. The molecule has 1 aromatic carbocycles. The van der Waals surface area contributed by atoms with Crippen molar-refractivity contribution in [3.05, 3.63) is 84.7 Å². The Labute approximate surface area is 209 Å². The van der Waals surface area contributed by atoms with Crippen LogP contribution in [0, 0.1) is 11.6 Å². The molecule has 36 heavy (non-hydrogen) atoms. The van der Waals surface area contributed by atoms with Crippen molar-refractivity contribution in [3.8, 4) is 22.8 Å². The first kappa shape index (κ1) is 23.9. The van der Waals surface area contributed by atoms with Crippen LogP contribution in [0.25, 0.3) is 28.5 Å². The molecule has 3 aromatic heterocycles. The molecule has 5 rings (SSSR count). The molecule has 1 aliphatic heterocycles.